The average molecular weight is 427 g/mol. The number of rotatable bonds is 16. The molecule has 0 aliphatic heterocycles. The second-order valence-corrected chi connectivity index (χ2v) is 8.24. The predicted octanol–water partition coefficient (Wildman–Crippen LogP) is 7.92. The van der Waals surface area contributed by atoms with Crippen LogP contribution in [0.4, 0.5) is 0 Å². The van der Waals surface area contributed by atoms with Gasteiger partial charge in [-0.2, -0.15) is 5.10 Å². The van der Waals surface area contributed by atoms with E-state index in [1.807, 2.05) is 0 Å². The first-order valence-electron chi connectivity index (χ1n) is 10.9. The van der Waals surface area contributed by atoms with E-state index in [2.05, 4.69) is 17.5 Å². The normalized spacial score (nSPS) is 11.2. The van der Waals surface area contributed by atoms with E-state index in [0.717, 1.165) is 12.8 Å². The van der Waals surface area contributed by atoms with Crippen LogP contribution in [0.3, 0.4) is 0 Å². The molecule has 0 atom stereocenters. The van der Waals surface area contributed by atoms with Crippen LogP contribution in [0.25, 0.3) is 0 Å². The van der Waals surface area contributed by atoms with Crippen molar-refractivity contribution >= 4 is 35.3 Å². The number of amides is 1. The van der Waals surface area contributed by atoms with Gasteiger partial charge in [0.05, 0.1) is 16.3 Å². The number of hydrogen-bond acceptors (Lipinski definition) is 2. The number of hydrogen-bond donors (Lipinski definition) is 1. The monoisotopic (exact) mass is 426 g/mol. The Morgan fingerprint density at radius 3 is 1.82 bits per heavy atom. The van der Waals surface area contributed by atoms with Crippen molar-refractivity contribution in [3.8, 4) is 0 Å². The van der Waals surface area contributed by atoms with Gasteiger partial charge in [-0.05, 0) is 18.6 Å². The number of halogens is 2. The van der Waals surface area contributed by atoms with Crippen LogP contribution < -0.4 is 5.43 Å². The molecule has 0 aliphatic rings. The van der Waals surface area contributed by atoms with Crippen molar-refractivity contribution in [3.63, 3.8) is 0 Å². The third-order valence-electron chi connectivity index (χ3n) is 4.89. The van der Waals surface area contributed by atoms with Crippen LogP contribution in [-0.2, 0) is 4.79 Å². The molecule has 1 amide bonds. The Kier molecular flexibility index (Phi) is 15.0. The molecule has 0 saturated carbocycles. The zero-order valence-corrected chi connectivity index (χ0v) is 18.8. The maximum Gasteiger partial charge on any atom is 0.240 e. The minimum Gasteiger partial charge on any atom is -0.273 e. The molecule has 0 saturated heterocycles. The summed E-state index contributed by atoms with van der Waals surface area (Å²) in [5.74, 6) is -0.0671. The lowest BCUT2D eigenvalue weighted by molar-refractivity contribution is -0.121. The molecule has 0 aliphatic carbocycles. The topological polar surface area (TPSA) is 41.5 Å². The standard InChI is InChI=1S/C23H36Cl2N2O/c1-2-3-4-5-6-7-8-9-10-11-12-13-14-18-23(28)27-26-19-20-21(24)16-15-17-22(20)25/h15-17,19H,2-14,18H2,1H3,(H,27,28). The van der Waals surface area contributed by atoms with E-state index in [9.17, 15) is 4.79 Å². The summed E-state index contributed by atoms with van der Waals surface area (Å²) in [6.45, 7) is 2.26. The summed E-state index contributed by atoms with van der Waals surface area (Å²) in [5.41, 5.74) is 3.16. The first-order valence-corrected chi connectivity index (χ1v) is 11.7. The van der Waals surface area contributed by atoms with Crippen LogP contribution in [0.5, 0.6) is 0 Å². The quantitative estimate of drug-likeness (QED) is 0.162. The van der Waals surface area contributed by atoms with Gasteiger partial charge in [-0.15, -0.1) is 0 Å². The Morgan fingerprint density at radius 1 is 0.857 bits per heavy atom. The second kappa shape index (κ2) is 16.9. The molecule has 1 aromatic carbocycles. The third kappa shape index (κ3) is 12.4. The molecular formula is C23H36Cl2N2O. The van der Waals surface area contributed by atoms with Gasteiger partial charge in [-0.3, -0.25) is 4.79 Å². The summed E-state index contributed by atoms with van der Waals surface area (Å²) in [4.78, 5) is 11.8. The van der Waals surface area contributed by atoms with Gasteiger partial charge < -0.3 is 0 Å². The number of hydrazone groups is 1. The lowest BCUT2D eigenvalue weighted by atomic mass is 10.0. The predicted molar refractivity (Wildman–Crippen MR) is 123 cm³/mol. The van der Waals surface area contributed by atoms with Crippen LogP contribution in [0.15, 0.2) is 23.3 Å². The lowest BCUT2D eigenvalue weighted by Crippen LogP contribution is -2.16. The number of carbonyl (C=O) groups is 1. The largest absolute Gasteiger partial charge is 0.273 e. The van der Waals surface area contributed by atoms with Gasteiger partial charge in [0.2, 0.25) is 5.91 Å². The molecule has 3 nitrogen and oxygen atoms in total. The maximum absolute atomic E-state index is 11.8. The molecule has 0 aromatic heterocycles. The van der Waals surface area contributed by atoms with Crippen molar-refractivity contribution < 1.29 is 4.79 Å². The fraction of sp³-hybridized carbons (Fsp3) is 0.652. The molecule has 0 heterocycles. The Labute approximate surface area is 181 Å². The summed E-state index contributed by atoms with van der Waals surface area (Å²) in [6.07, 6.45) is 18.9. The van der Waals surface area contributed by atoms with Crippen LogP contribution in [0, 0.1) is 0 Å². The Morgan fingerprint density at radius 2 is 1.32 bits per heavy atom. The Hall–Kier alpha value is -1.06. The van der Waals surface area contributed by atoms with Crippen LogP contribution in [0.2, 0.25) is 10.0 Å². The average Bonchev–Trinajstić information content (AvgIpc) is 2.68. The summed E-state index contributed by atoms with van der Waals surface area (Å²) in [6, 6.07) is 5.25. The number of carbonyl (C=O) groups excluding carboxylic acids is 1. The number of benzene rings is 1. The van der Waals surface area contributed by atoms with E-state index >= 15 is 0 Å². The van der Waals surface area contributed by atoms with Crippen molar-refractivity contribution in [3.05, 3.63) is 33.8 Å². The van der Waals surface area contributed by atoms with E-state index in [1.165, 1.54) is 76.8 Å². The van der Waals surface area contributed by atoms with Crippen LogP contribution in [0.1, 0.15) is 102 Å². The Bertz CT molecular complexity index is 555. The first-order chi connectivity index (χ1) is 13.6. The van der Waals surface area contributed by atoms with Gasteiger partial charge in [-0.1, -0.05) is 113 Å². The highest BCUT2D eigenvalue weighted by Gasteiger charge is 2.03. The maximum atomic E-state index is 11.8. The van der Waals surface area contributed by atoms with Gasteiger partial charge in [0.1, 0.15) is 0 Å². The third-order valence-corrected chi connectivity index (χ3v) is 5.55. The minimum atomic E-state index is -0.0671. The van der Waals surface area contributed by atoms with E-state index in [1.54, 1.807) is 18.2 Å². The van der Waals surface area contributed by atoms with E-state index < -0.39 is 0 Å². The zero-order valence-electron chi connectivity index (χ0n) is 17.3. The lowest BCUT2D eigenvalue weighted by Gasteiger charge is -2.03. The smallest absolute Gasteiger partial charge is 0.240 e. The summed E-state index contributed by atoms with van der Waals surface area (Å²) >= 11 is 12.1. The Balaban J connectivity index is 1.95. The van der Waals surface area contributed by atoms with Gasteiger partial charge >= 0.3 is 0 Å². The molecule has 158 valence electrons. The van der Waals surface area contributed by atoms with Crippen molar-refractivity contribution in [1.29, 1.82) is 0 Å². The molecular weight excluding hydrogens is 391 g/mol. The minimum absolute atomic E-state index is 0.0671. The van der Waals surface area contributed by atoms with Crippen LogP contribution in [-0.4, -0.2) is 12.1 Å². The van der Waals surface area contributed by atoms with Gasteiger partial charge in [-0.25, -0.2) is 5.43 Å². The zero-order chi connectivity index (χ0) is 20.5. The molecule has 0 unspecified atom stereocenters. The fourth-order valence-corrected chi connectivity index (χ4v) is 3.66. The molecule has 1 N–H and O–H groups in total. The molecule has 5 heteroatoms. The summed E-state index contributed by atoms with van der Waals surface area (Å²) in [7, 11) is 0. The molecule has 28 heavy (non-hydrogen) atoms. The summed E-state index contributed by atoms with van der Waals surface area (Å²) < 4.78 is 0. The number of nitrogens with one attached hydrogen (secondary N) is 1. The van der Waals surface area contributed by atoms with Crippen molar-refractivity contribution in [1.82, 2.24) is 5.43 Å². The van der Waals surface area contributed by atoms with Crippen molar-refractivity contribution in [2.75, 3.05) is 0 Å². The van der Waals surface area contributed by atoms with Crippen molar-refractivity contribution in [2.45, 2.75) is 96.8 Å². The highest BCUT2D eigenvalue weighted by molar-refractivity contribution is 6.38. The molecule has 0 bridgehead atoms. The van der Waals surface area contributed by atoms with E-state index in [-0.39, 0.29) is 5.91 Å². The molecule has 0 fully saturated rings. The summed E-state index contributed by atoms with van der Waals surface area (Å²) in [5, 5.41) is 4.98. The van der Waals surface area contributed by atoms with Crippen LogP contribution >= 0.6 is 23.2 Å². The van der Waals surface area contributed by atoms with Gasteiger partial charge in [0.25, 0.3) is 0 Å². The number of unbranched alkanes of at least 4 members (excludes halogenated alkanes) is 12. The number of nitrogens with zero attached hydrogens (tertiary/aromatic N) is 1. The molecule has 0 radical (unpaired) electrons. The second-order valence-electron chi connectivity index (χ2n) is 7.42. The first kappa shape index (κ1) is 25.0. The van der Waals surface area contributed by atoms with E-state index in [0.29, 0.717) is 22.0 Å². The van der Waals surface area contributed by atoms with Gasteiger partial charge in [0, 0.05) is 12.0 Å². The highest BCUT2D eigenvalue weighted by atomic mass is 35.5. The molecule has 0 spiro atoms. The van der Waals surface area contributed by atoms with E-state index in [4.69, 9.17) is 23.2 Å². The molecule has 1 aromatic rings. The SMILES string of the molecule is CCCCCCCCCCCCCCCC(=O)NN=Cc1c(Cl)cccc1Cl. The van der Waals surface area contributed by atoms with Gasteiger partial charge in [0.15, 0.2) is 0 Å². The molecule has 1 rings (SSSR count). The fourth-order valence-electron chi connectivity index (χ4n) is 3.16. The highest BCUT2D eigenvalue weighted by Crippen LogP contribution is 2.22. The van der Waals surface area contributed by atoms with Crippen molar-refractivity contribution in [2.24, 2.45) is 5.10 Å².